The molecule has 0 aliphatic carbocycles. The van der Waals surface area contributed by atoms with Crippen molar-refractivity contribution in [1.82, 2.24) is 14.8 Å². The predicted octanol–water partition coefficient (Wildman–Crippen LogP) is 3.05. The minimum atomic E-state index is -0.529. The Kier molecular flexibility index (Phi) is 4.20. The summed E-state index contributed by atoms with van der Waals surface area (Å²) in [6, 6.07) is 10.5. The zero-order valence-corrected chi connectivity index (χ0v) is 12.2. The number of aromatic nitrogens is 3. The van der Waals surface area contributed by atoms with E-state index in [1.54, 1.807) is 29.2 Å². The Hall–Kier alpha value is -2.60. The summed E-state index contributed by atoms with van der Waals surface area (Å²) in [5.74, 6) is 0.126. The molecule has 0 aliphatic rings. The number of nitrogens with zero attached hydrogens (tertiary/aromatic N) is 3. The third-order valence-corrected chi connectivity index (χ3v) is 3.30. The Bertz CT molecular complexity index is 768. The van der Waals surface area contributed by atoms with E-state index in [0.29, 0.717) is 17.3 Å². The summed E-state index contributed by atoms with van der Waals surface area (Å²) < 4.78 is 12.2. The van der Waals surface area contributed by atoms with Crippen molar-refractivity contribution in [3.63, 3.8) is 0 Å². The monoisotopic (exact) mass is 317 g/mol. The second-order valence-electron chi connectivity index (χ2n) is 4.44. The fourth-order valence-corrected chi connectivity index (χ4v) is 2.13. The first kappa shape index (κ1) is 14.3. The topological polar surface area (TPSA) is 70.2 Å². The van der Waals surface area contributed by atoms with Crippen LogP contribution >= 0.6 is 11.6 Å². The summed E-state index contributed by atoms with van der Waals surface area (Å²) in [4.78, 5) is 15.7. The highest BCUT2D eigenvalue weighted by Gasteiger charge is 2.14. The van der Waals surface area contributed by atoms with E-state index in [1.807, 2.05) is 18.2 Å². The van der Waals surface area contributed by atoms with E-state index < -0.39 is 5.97 Å². The largest absolute Gasteiger partial charge is 0.458 e. The number of carbonyl (C=O) groups is 1. The van der Waals surface area contributed by atoms with Crippen LogP contribution in [0.15, 0.2) is 53.5 Å². The molecule has 112 valence electrons. The first-order valence-electron chi connectivity index (χ1n) is 6.58. The highest BCUT2D eigenvalue weighted by atomic mass is 35.5. The van der Waals surface area contributed by atoms with Gasteiger partial charge in [0.1, 0.15) is 25.0 Å². The van der Waals surface area contributed by atoms with Gasteiger partial charge in [0.05, 0.1) is 11.6 Å². The molecule has 0 saturated carbocycles. The lowest BCUT2D eigenvalue weighted by molar-refractivity contribution is 0.0452. The van der Waals surface area contributed by atoms with Gasteiger partial charge in [-0.15, -0.1) is 0 Å². The summed E-state index contributed by atoms with van der Waals surface area (Å²) in [5.41, 5.74) is 0.728. The molecule has 0 saturated heterocycles. The second kappa shape index (κ2) is 6.44. The Morgan fingerprint density at radius 1 is 1.27 bits per heavy atom. The van der Waals surface area contributed by atoms with Crippen molar-refractivity contribution < 1.29 is 13.9 Å². The second-order valence-corrected chi connectivity index (χ2v) is 4.85. The average molecular weight is 318 g/mol. The van der Waals surface area contributed by atoms with Gasteiger partial charge < -0.3 is 9.15 Å². The number of hydrogen-bond donors (Lipinski definition) is 0. The fraction of sp³-hybridized carbons (Fsp3) is 0.133. The van der Waals surface area contributed by atoms with Crippen LogP contribution in [0.4, 0.5) is 0 Å². The fourth-order valence-electron chi connectivity index (χ4n) is 1.90. The van der Waals surface area contributed by atoms with Crippen LogP contribution in [0.3, 0.4) is 0 Å². The molecule has 7 heteroatoms. The molecule has 0 amide bonds. The summed E-state index contributed by atoms with van der Waals surface area (Å²) in [6.07, 6.45) is 2.97. The van der Waals surface area contributed by atoms with Crippen molar-refractivity contribution in [2.24, 2.45) is 0 Å². The Balaban J connectivity index is 1.63. The normalized spacial score (nSPS) is 10.6. The molecule has 0 aliphatic heterocycles. The SMILES string of the molecule is O=C(OCCn1cncn1)c1ccc(-c2ccccc2Cl)o1. The maximum Gasteiger partial charge on any atom is 0.374 e. The van der Waals surface area contributed by atoms with Crippen molar-refractivity contribution in [3.8, 4) is 11.3 Å². The minimum absolute atomic E-state index is 0.133. The smallest absolute Gasteiger partial charge is 0.374 e. The number of rotatable bonds is 5. The Labute approximate surface area is 131 Å². The minimum Gasteiger partial charge on any atom is -0.458 e. The lowest BCUT2D eigenvalue weighted by Gasteiger charge is -2.03. The van der Waals surface area contributed by atoms with Crippen molar-refractivity contribution in [3.05, 3.63) is 59.8 Å². The van der Waals surface area contributed by atoms with Crippen molar-refractivity contribution in [2.45, 2.75) is 6.54 Å². The first-order valence-corrected chi connectivity index (χ1v) is 6.96. The van der Waals surface area contributed by atoms with Gasteiger partial charge in [0.2, 0.25) is 5.76 Å². The van der Waals surface area contributed by atoms with Crippen molar-refractivity contribution in [2.75, 3.05) is 6.61 Å². The number of hydrogen-bond acceptors (Lipinski definition) is 5. The Morgan fingerprint density at radius 3 is 2.91 bits per heavy atom. The average Bonchev–Trinajstić information content (AvgIpc) is 3.19. The molecule has 2 aromatic heterocycles. The highest BCUT2D eigenvalue weighted by Crippen LogP contribution is 2.29. The van der Waals surface area contributed by atoms with Crippen LogP contribution in [0, 0.1) is 0 Å². The van der Waals surface area contributed by atoms with Crippen molar-refractivity contribution in [1.29, 1.82) is 0 Å². The number of carbonyl (C=O) groups excluding carboxylic acids is 1. The van der Waals surface area contributed by atoms with Gasteiger partial charge in [-0.05, 0) is 24.3 Å². The molecule has 3 aromatic rings. The molecule has 0 spiro atoms. The summed E-state index contributed by atoms with van der Waals surface area (Å²) >= 11 is 6.10. The standard InChI is InChI=1S/C15H12ClN3O3/c16-12-4-2-1-3-11(12)13-5-6-14(22-13)15(20)21-8-7-19-10-17-9-18-19/h1-6,9-10H,7-8H2. The van der Waals surface area contributed by atoms with E-state index in [-0.39, 0.29) is 12.4 Å². The number of esters is 1. The quantitative estimate of drug-likeness (QED) is 0.676. The van der Waals surface area contributed by atoms with Gasteiger partial charge in [0, 0.05) is 5.56 Å². The van der Waals surface area contributed by atoms with Crippen LogP contribution in [0.25, 0.3) is 11.3 Å². The Morgan fingerprint density at radius 2 is 2.14 bits per heavy atom. The molecule has 6 nitrogen and oxygen atoms in total. The highest BCUT2D eigenvalue weighted by molar-refractivity contribution is 6.33. The first-order chi connectivity index (χ1) is 10.7. The van der Waals surface area contributed by atoms with Gasteiger partial charge in [-0.1, -0.05) is 23.7 Å². The molecule has 3 rings (SSSR count). The molecule has 1 aromatic carbocycles. The van der Waals surface area contributed by atoms with Gasteiger partial charge in [-0.3, -0.25) is 0 Å². The van der Waals surface area contributed by atoms with Crippen molar-refractivity contribution >= 4 is 17.6 Å². The zero-order valence-electron chi connectivity index (χ0n) is 11.5. The van der Waals surface area contributed by atoms with E-state index in [0.717, 1.165) is 5.56 Å². The third-order valence-electron chi connectivity index (χ3n) is 2.97. The molecule has 0 radical (unpaired) electrons. The van der Waals surface area contributed by atoms with Crippen LogP contribution in [-0.4, -0.2) is 27.3 Å². The van der Waals surface area contributed by atoms with E-state index in [4.69, 9.17) is 20.8 Å². The molecule has 22 heavy (non-hydrogen) atoms. The summed E-state index contributed by atoms with van der Waals surface area (Å²) in [6.45, 7) is 0.619. The number of ether oxygens (including phenoxy) is 1. The third kappa shape index (κ3) is 3.17. The molecule has 0 fully saturated rings. The molecule has 0 bridgehead atoms. The van der Waals surface area contributed by atoms with Gasteiger partial charge in [-0.25, -0.2) is 14.5 Å². The molecule has 0 unspecified atom stereocenters. The van der Waals surface area contributed by atoms with E-state index in [2.05, 4.69) is 10.1 Å². The lowest BCUT2D eigenvalue weighted by Crippen LogP contribution is -2.11. The molecule has 0 N–H and O–H groups in total. The van der Waals surface area contributed by atoms with Crippen LogP contribution in [-0.2, 0) is 11.3 Å². The predicted molar refractivity (Wildman–Crippen MR) is 79.5 cm³/mol. The number of halogens is 1. The number of benzene rings is 1. The van der Waals surface area contributed by atoms with E-state index >= 15 is 0 Å². The van der Waals surface area contributed by atoms with Gasteiger partial charge in [0.15, 0.2) is 0 Å². The van der Waals surface area contributed by atoms with Crippen LogP contribution < -0.4 is 0 Å². The van der Waals surface area contributed by atoms with E-state index in [1.165, 1.54) is 6.33 Å². The van der Waals surface area contributed by atoms with Crippen LogP contribution in [0.1, 0.15) is 10.6 Å². The van der Waals surface area contributed by atoms with Gasteiger partial charge in [0.25, 0.3) is 0 Å². The molecule has 0 atom stereocenters. The molecule has 2 heterocycles. The van der Waals surface area contributed by atoms with Crippen LogP contribution in [0.2, 0.25) is 5.02 Å². The lowest BCUT2D eigenvalue weighted by atomic mass is 10.2. The van der Waals surface area contributed by atoms with Gasteiger partial charge in [-0.2, -0.15) is 5.10 Å². The number of furan rings is 1. The van der Waals surface area contributed by atoms with Crippen LogP contribution in [0.5, 0.6) is 0 Å². The summed E-state index contributed by atoms with van der Waals surface area (Å²) in [5, 5.41) is 4.47. The maximum atomic E-state index is 11.9. The zero-order chi connectivity index (χ0) is 15.4. The molecular formula is C15H12ClN3O3. The maximum absolute atomic E-state index is 11.9. The van der Waals surface area contributed by atoms with E-state index in [9.17, 15) is 4.79 Å². The van der Waals surface area contributed by atoms with Gasteiger partial charge >= 0.3 is 5.97 Å². The summed E-state index contributed by atoms with van der Waals surface area (Å²) in [7, 11) is 0. The molecular weight excluding hydrogens is 306 g/mol.